The monoisotopic (exact) mass is 278 g/mol. The van der Waals surface area contributed by atoms with Crippen LogP contribution in [0.1, 0.15) is 39.2 Å². The summed E-state index contributed by atoms with van der Waals surface area (Å²) < 4.78 is 2.02. The molecular formula is C13H18N4OS. The third kappa shape index (κ3) is 2.94. The number of fused-ring (bicyclic) bond motifs is 1. The van der Waals surface area contributed by atoms with Gasteiger partial charge in [-0.25, -0.2) is 15.0 Å². The van der Waals surface area contributed by atoms with Crippen molar-refractivity contribution in [3.05, 3.63) is 12.7 Å². The highest BCUT2D eigenvalue weighted by Crippen LogP contribution is 2.26. The molecule has 0 aliphatic heterocycles. The summed E-state index contributed by atoms with van der Waals surface area (Å²) in [5.41, 5.74) is 1.64. The zero-order chi connectivity index (χ0) is 13.8. The van der Waals surface area contributed by atoms with Crippen molar-refractivity contribution >= 4 is 28.7 Å². The van der Waals surface area contributed by atoms with Crippen molar-refractivity contribution in [1.29, 1.82) is 0 Å². The molecule has 2 aromatic heterocycles. The largest absolute Gasteiger partial charge is 0.312 e. The summed E-state index contributed by atoms with van der Waals surface area (Å²) in [7, 11) is 0. The van der Waals surface area contributed by atoms with Crippen LogP contribution in [0.4, 0.5) is 0 Å². The van der Waals surface area contributed by atoms with Gasteiger partial charge in [0.1, 0.15) is 22.7 Å². The molecular weight excluding hydrogens is 260 g/mol. The predicted octanol–water partition coefficient (Wildman–Crippen LogP) is 2.87. The summed E-state index contributed by atoms with van der Waals surface area (Å²) in [6.07, 6.45) is 7.81. The Morgan fingerprint density at radius 2 is 2.21 bits per heavy atom. The maximum absolute atomic E-state index is 11.4. The fourth-order valence-corrected chi connectivity index (χ4v) is 2.74. The molecule has 0 saturated carbocycles. The molecule has 102 valence electrons. The van der Waals surface area contributed by atoms with E-state index in [-0.39, 0.29) is 11.8 Å². The quantitative estimate of drug-likeness (QED) is 0.600. The van der Waals surface area contributed by atoms with E-state index in [1.807, 2.05) is 10.8 Å². The molecule has 19 heavy (non-hydrogen) atoms. The van der Waals surface area contributed by atoms with Crippen LogP contribution in [0.3, 0.4) is 0 Å². The molecule has 0 amide bonds. The van der Waals surface area contributed by atoms with E-state index in [4.69, 9.17) is 0 Å². The Morgan fingerprint density at radius 1 is 1.42 bits per heavy atom. The first-order chi connectivity index (χ1) is 9.17. The molecule has 0 fully saturated rings. The summed E-state index contributed by atoms with van der Waals surface area (Å²) in [5.74, 6) is 0.194. The summed E-state index contributed by atoms with van der Waals surface area (Å²) in [5, 5.41) is 0.877. The number of ketones is 1. The van der Waals surface area contributed by atoms with Gasteiger partial charge in [-0.2, -0.15) is 0 Å². The minimum Gasteiger partial charge on any atom is -0.312 e. The molecule has 0 aromatic carbocycles. The molecule has 0 N–H and O–H groups in total. The molecule has 1 atom stereocenters. The van der Waals surface area contributed by atoms with Crippen LogP contribution in [0.15, 0.2) is 17.7 Å². The first-order valence-corrected chi connectivity index (χ1v) is 7.60. The van der Waals surface area contributed by atoms with Crippen molar-refractivity contribution in [2.24, 2.45) is 0 Å². The fourth-order valence-electron chi connectivity index (χ4n) is 2.25. The standard InChI is InChI=1S/C13H18N4OS/c1-4-5-10(6-9(2)18)17-8-16-11-12(17)14-7-15-13(11)19-3/h7-8,10H,4-6H2,1-3H3. The van der Waals surface area contributed by atoms with E-state index < -0.39 is 0 Å². The van der Waals surface area contributed by atoms with E-state index in [9.17, 15) is 4.79 Å². The SMILES string of the molecule is CCCC(CC(C)=O)n1cnc2c(SC)ncnc21. The summed E-state index contributed by atoms with van der Waals surface area (Å²) in [6, 6.07) is 0.136. The number of carbonyl (C=O) groups excluding carboxylic acids is 1. The number of thioether (sulfide) groups is 1. The number of aromatic nitrogens is 4. The average molecular weight is 278 g/mol. The van der Waals surface area contributed by atoms with Crippen LogP contribution in [0.5, 0.6) is 0 Å². The summed E-state index contributed by atoms with van der Waals surface area (Å²) in [4.78, 5) is 24.4. The van der Waals surface area contributed by atoms with E-state index in [1.54, 1.807) is 31.3 Å². The van der Waals surface area contributed by atoms with Gasteiger partial charge in [-0.15, -0.1) is 11.8 Å². The second-order valence-corrected chi connectivity index (χ2v) is 5.35. The molecule has 0 spiro atoms. The van der Waals surface area contributed by atoms with Crippen LogP contribution in [0, 0.1) is 0 Å². The molecule has 0 bridgehead atoms. The van der Waals surface area contributed by atoms with Crippen LogP contribution < -0.4 is 0 Å². The van der Waals surface area contributed by atoms with Gasteiger partial charge < -0.3 is 4.57 Å². The molecule has 0 radical (unpaired) electrons. The lowest BCUT2D eigenvalue weighted by Crippen LogP contribution is -2.12. The van der Waals surface area contributed by atoms with Crippen LogP contribution in [-0.2, 0) is 4.79 Å². The van der Waals surface area contributed by atoms with Gasteiger partial charge >= 0.3 is 0 Å². The molecule has 5 nitrogen and oxygen atoms in total. The maximum atomic E-state index is 11.4. The van der Waals surface area contributed by atoms with Gasteiger partial charge in [0.2, 0.25) is 0 Å². The lowest BCUT2D eigenvalue weighted by molar-refractivity contribution is -0.117. The van der Waals surface area contributed by atoms with E-state index >= 15 is 0 Å². The molecule has 2 rings (SSSR count). The van der Waals surface area contributed by atoms with E-state index in [0.717, 1.165) is 29.0 Å². The maximum Gasteiger partial charge on any atom is 0.164 e. The Labute approximate surface area is 116 Å². The van der Waals surface area contributed by atoms with Crippen molar-refractivity contribution in [3.8, 4) is 0 Å². The minimum atomic E-state index is 0.136. The molecule has 2 aromatic rings. The number of hydrogen-bond donors (Lipinski definition) is 0. The van der Waals surface area contributed by atoms with Crippen LogP contribution in [0.25, 0.3) is 11.2 Å². The normalized spacial score (nSPS) is 12.8. The number of carbonyl (C=O) groups is 1. The van der Waals surface area contributed by atoms with Crippen molar-refractivity contribution in [2.45, 2.75) is 44.2 Å². The molecule has 1 unspecified atom stereocenters. The van der Waals surface area contributed by atoms with Gasteiger partial charge in [-0.1, -0.05) is 13.3 Å². The number of rotatable bonds is 6. The van der Waals surface area contributed by atoms with Gasteiger partial charge in [0.15, 0.2) is 5.65 Å². The highest BCUT2D eigenvalue weighted by Gasteiger charge is 2.17. The fraction of sp³-hybridized carbons (Fsp3) is 0.538. The minimum absolute atomic E-state index is 0.136. The van der Waals surface area contributed by atoms with Crippen LogP contribution in [0.2, 0.25) is 0 Å². The van der Waals surface area contributed by atoms with Crippen molar-refractivity contribution in [2.75, 3.05) is 6.26 Å². The smallest absolute Gasteiger partial charge is 0.164 e. The highest BCUT2D eigenvalue weighted by molar-refractivity contribution is 7.98. The summed E-state index contributed by atoms with van der Waals surface area (Å²) in [6.45, 7) is 3.75. The first kappa shape index (κ1) is 14.0. The second-order valence-electron chi connectivity index (χ2n) is 4.56. The number of Topliss-reactive ketones (excluding diaryl/α,β-unsaturated/α-hetero) is 1. The molecule has 2 heterocycles. The number of imidazole rings is 1. The Bertz CT molecular complexity index is 581. The van der Waals surface area contributed by atoms with Crippen LogP contribution in [-0.4, -0.2) is 31.6 Å². The third-order valence-electron chi connectivity index (χ3n) is 3.06. The topological polar surface area (TPSA) is 60.7 Å². The Hall–Kier alpha value is -1.43. The van der Waals surface area contributed by atoms with Crippen molar-refractivity contribution in [1.82, 2.24) is 19.5 Å². The third-order valence-corrected chi connectivity index (χ3v) is 3.74. The van der Waals surface area contributed by atoms with Crippen LogP contribution >= 0.6 is 11.8 Å². The second kappa shape index (κ2) is 6.14. The average Bonchev–Trinajstić information content (AvgIpc) is 2.81. The molecule has 6 heteroatoms. The van der Waals surface area contributed by atoms with Crippen molar-refractivity contribution < 1.29 is 4.79 Å². The van der Waals surface area contributed by atoms with Gasteiger partial charge in [-0.3, -0.25) is 4.79 Å². The van der Waals surface area contributed by atoms with Gasteiger partial charge in [0.25, 0.3) is 0 Å². The van der Waals surface area contributed by atoms with E-state index in [2.05, 4.69) is 21.9 Å². The highest BCUT2D eigenvalue weighted by atomic mass is 32.2. The predicted molar refractivity (Wildman–Crippen MR) is 76.3 cm³/mol. The molecule has 0 saturated heterocycles. The van der Waals surface area contributed by atoms with E-state index in [0.29, 0.717) is 6.42 Å². The van der Waals surface area contributed by atoms with Gasteiger partial charge in [-0.05, 0) is 19.6 Å². The van der Waals surface area contributed by atoms with E-state index in [1.165, 1.54) is 0 Å². The Balaban J connectivity index is 2.45. The zero-order valence-corrected chi connectivity index (χ0v) is 12.3. The lowest BCUT2D eigenvalue weighted by atomic mass is 10.1. The first-order valence-electron chi connectivity index (χ1n) is 6.38. The van der Waals surface area contributed by atoms with Crippen molar-refractivity contribution in [3.63, 3.8) is 0 Å². The number of hydrogen-bond acceptors (Lipinski definition) is 5. The van der Waals surface area contributed by atoms with Gasteiger partial charge in [0, 0.05) is 12.5 Å². The molecule has 0 aliphatic rings. The molecule has 0 aliphatic carbocycles. The Kier molecular flexibility index (Phi) is 4.52. The zero-order valence-electron chi connectivity index (χ0n) is 11.5. The Morgan fingerprint density at radius 3 is 2.84 bits per heavy atom. The summed E-state index contributed by atoms with van der Waals surface area (Å²) >= 11 is 1.56. The van der Waals surface area contributed by atoms with Gasteiger partial charge in [0.05, 0.1) is 6.33 Å². The number of nitrogens with zero attached hydrogens (tertiary/aromatic N) is 4. The lowest BCUT2D eigenvalue weighted by Gasteiger charge is -2.16.